The van der Waals surface area contributed by atoms with Crippen molar-refractivity contribution in [1.29, 1.82) is 0 Å². The molecule has 66 heavy (non-hydrogen) atoms. The fourth-order valence-electron chi connectivity index (χ4n) is 6.87. The number of carbonyl (C=O) groups is 2. The highest BCUT2D eigenvalue weighted by molar-refractivity contribution is 7.45. The van der Waals surface area contributed by atoms with Crippen molar-refractivity contribution in [2.45, 2.75) is 212 Å². The largest absolute Gasteiger partial charge is 0.756 e. The third-order valence-electron chi connectivity index (χ3n) is 10.9. The van der Waals surface area contributed by atoms with Gasteiger partial charge in [0.25, 0.3) is 7.82 Å². The summed E-state index contributed by atoms with van der Waals surface area (Å²) in [6, 6.07) is 0. The maximum Gasteiger partial charge on any atom is 0.306 e. The highest BCUT2D eigenvalue weighted by atomic mass is 31.2. The zero-order chi connectivity index (χ0) is 48.8. The van der Waals surface area contributed by atoms with E-state index in [-0.39, 0.29) is 26.1 Å². The Morgan fingerprint density at radius 3 is 1.64 bits per heavy atom. The Morgan fingerprint density at radius 2 is 1.11 bits per heavy atom. The minimum absolute atomic E-state index is 0.0658. The minimum atomic E-state index is -4.68. The normalized spacial score (nSPS) is 15.0. The number of phosphoric acid groups is 1. The van der Waals surface area contributed by atoms with E-state index in [9.17, 15) is 29.3 Å². The first-order chi connectivity index (χ1) is 31.8. The van der Waals surface area contributed by atoms with Crippen molar-refractivity contribution in [3.05, 3.63) is 72.9 Å². The first-order valence-corrected chi connectivity index (χ1v) is 27.3. The van der Waals surface area contributed by atoms with Crippen molar-refractivity contribution in [3.63, 3.8) is 0 Å². The molecule has 2 N–H and O–H groups in total. The molecule has 0 spiro atoms. The monoisotopic (exact) mass is 950 g/mol. The van der Waals surface area contributed by atoms with Crippen LogP contribution in [0.2, 0.25) is 0 Å². The number of hydrogen-bond acceptors (Lipinski definition) is 10. The maximum absolute atomic E-state index is 12.8. The third-order valence-corrected chi connectivity index (χ3v) is 11.9. The molecule has 0 rings (SSSR count). The molecule has 0 aromatic heterocycles. The van der Waals surface area contributed by atoms with E-state index >= 15 is 0 Å². The van der Waals surface area contributed by atoms with Crippen LogP contribution in [0.5, 0.6) is 0 Å². The summed E-state index contributed by atoms with van der Waals surface area (Å²) in [7, 11) is 1.05. The molecule has 1 unspecified atom stereocenters. The van der Waals surface area contributed by atoms with Crippen LogP contribution in [-0.4, -0.2) is 92.5 Å². The lowest BCUT2D eigenvalue weighted by Crippen LogP contribution is -2.37. The number of rotatable bonds is 46. The molecule has 0 saturated heterocycles. The fraction of sp³-hybridized carbons (Fsp3) is 0.741. The molecule has 0 aromatic rings. The van der Waals surface area contributed by atoms with E-state index in [1.54, 1.807) is 30.4 Å². The number of ether oxygens (including phenoxy) is 2. The molecule has 0 amide bonds. The number of allylic oxidation sites excluding steroid dienone is 8. The molecule has 0 fully saturated rings. The molecular weight excluding hydrogens is 854 g/mol. The van der Waals surface area contributed by atoms with Crippen molar-refractivity contribution in [2.75, 3.05) is 47.5 Å². The van der Waals surface area contributed by atoms with Crippen molar-refractivity contribution in [3.8, 4) is 0 Å². The number of unbranched alkanes of at least 4 members (excludes halogenated alkanes) is 21. The first-order valence-electron chi connectivity index (χ1n) is 25.9. The van der Waals surface area contributed by atoms with Crippen LogP contribution in [0, 0.1) is 0 Å². The van der Waals surface area contributed by atoms with Crippen molar-refractivity contribution < 1.29 is 52.3 Å². The predicted octanol–water partition coefficient (Wildman–Crippen LogP) is 12.7. The summed E-state index contributed by atoms with van der Waals surface area (Å²) < 4.78 is 33.9. The Hall–Kier alpha value is -2.63. The summed E-state index contributed by atoms with van der Waals surface area (Å²) in [6.07, 6.45) is 50.1. The SMILES string of the molecule is CC/C=C\C[C@@H](O)/C=C/C=C\C/C=C\C=C\[C@@H](O)/C=C\CCCC(=O)OC[C@H](COP(=O)([O-])OCC[N+](C)(C)C)OC(=O)CCCCCCCCCCCCCCCCCCCCCCC. The van der Waals surface area contributed by atoms with E-state index in [1.165, 1.54) is 109 Å². The van der Waals surface area contributed by atoms with E-state index in [0.29, 0.717) is 43.1 Å². The summed E-state index contributed by atoms with van der Waals surface area (Å²) in [4.78, 5) is 37.7. The zero-order valence-electron chi connectivity index (χ0n) is 42.3. The minimum Gasteiger partial charge on any atom is -0.756 e. The predicted molar refractivity (Wildman–Crippen MR) is 271 cm³/mol. The Balaban J connectivity index is 4.45. The summed E-state index contributed by atoms with van der Waals surface area (Å²) in [5.74, 6) is -1.01. The lowest BCUT2D eigenvalue weighted by molar-refractivity contribution is -0.870. The Labute approximate surface area is 403 Å². The molecule has 11 nitrogen and oxygen atoms in total. The van der Waals surface area contributed by atoms with Gasteiger partial charge in [0.05, 0.1) is 40.0 Å². The van der Waals surface area contributed by atoms with Crippen LogP contribution in [-0.2, 0) is 32.7 Å². The van der Waals surface area contributed by atoms with E-state index in [1.807, 2.05) is 63.7 Å². The smallest absolute Gasteiger partial charge is 0.306 e. The van der Waals surface area contributed by atoms with Crippen LogP contribution < -0.4 is 4.89 Å². The van der Waals surface area contributed by atoms with Crippen molar-refractivity contribution >= 4 is 19.8 Å². The number of quaternary nitrogens is 1. The summed E-state index contributed by atoms with van der Waals surface area (Å²) in [6.45, 7) is 3.83. The Morgan fingerprint density at radius 1 is 0.591 bits per heavy atom. The standard InChI is InChI=1S/C54H96NO10P/c1-6-8-10-11-12-13-14-15-16-17-18-19-20-21-22-23-24-25-29-32-38-45-54(59)65-52(49-64-66(60,61)63-47-46-55(3,4)5)48-62-53(58)44-39-33-37-43-51(57)42-36-31-28-26-27-30-35-41-50(56)40-34-9-7-2/h9,27-28,30-31,34-37,41-43,50-52,56-57H,6-8,10-26,29,32-33,38-40,44-49H2,1-5H3/b30-27-,31-28-,34-9-,41-35+,42-36+,43-37-/t50-,51-,52-/m1/s1. The van der Waals surface area contributed by atoms with E-state index in [0.717, 1.165) is 25.7 Å². The van der Waals surface area contributed by atoms with Gasteiger partial charge in [-0.25, -0.2) is 0 Å². The summed E-state index contributed by atoms with van der Waals surface area (Å²) in [5.41, 5.74) is 0. The molecule has 4 atom stereocenters. The second-order valence-corrected chi connectivity index (χ2v) is 20.0. The van der Waals surface area contributed by atoms with Gasteiger partial charge in [0.1, 0.15) is 19.8 Å². The number of phosphoric ester groups is 1. The number of aliphatic hydroxyl groups is 2. The van der Waals surface area contributed by atoms with Gasteiger partial charge in [-0.15, -0.1) is 0 Å². The van der Waals surface area contributed by atoms with Crippen molar-refractivity contribution in [2.24, 2.45) is 0 Å². The number of carbonyl (C=O) groups excluding carboxylic acids is 2. The molecule has 0 aromatic carbocycles. The van der Waals surface area contributed by atoms with Crippen LogP contribution in [0.15, 0.2) is 72.9 Å². The third kappa shape index (κ3) is 47.8. The molecule has 0 aliphatic heterocycles. The molecule has 0 heterocycles. The number of nitrogens with zero attached hydrogens (tertiary/aromatic N) is 1. The Bertz CT molecular complexity index is 1380. The fourth-order valence-corrected chi connectivity index (χ4v) is 7.60. The molecule has 12 heteroatoms. The number of esters is 2. The summed E-state index contributed by atoms with van der Waals surface area (Å²) in [5, 5.41) is 20.1. The van der Waals surface area contributed by atoms with Gasteiger partial charge < -0.3 is 38.1 Å². The van der Waals surface area contributed by atoms with E-state index in [4.69, 9.17) is 18.5 Å². The number of aliphatic hydroxyl groups excluding tert-OH is 2. The van der Waals surface area contributed by atoms with Gasteiger partial charge in [-0.1, -0.05) is 215 Å². The number of likely N-dealkylation sites (N-methyl/N-ethyl adjacent to an activating group) is 1. The van der Waals surface area contributed by atoms with Gasteiger partial charge in [-0.2, -0.15) is 0 Å². The summed E-state index contributed by atoms with van der Waals surface area (Å²) >= 11 is 0. The molecule has 0 aliphatic rings. The lowest BCUT2D eigenvalue weighted by atomic mass is 10.0. The van der Waals surface area contributed by atoms with Gasteiger partial charge in [-0.3, -0.25) is 14.2 Å². The number of hydrogen-bond donors (Lipinski definition) is 2. The topological polar surface area (TPSA) is 152 Å². The maximum atomic E-state index is 12.8. The van der Waals surface area contributed by atoms with Crippen LogP contribution in [0.25, 0.3) is 0 Å². The first kappa shape index (κ1) is 63.4. The van der Waals surface area contributed by atoms with E-state index in [2.05, 4.69) is 13.8 Å². The van der Waals surface area contributed by atoms with Gasteiger partial charge in [0.15, 0.2) is 6.10 Å². The quantitative estimate of drug-likeness (QED) is 0.0151. The second-order valence-electron chi connectivity index (χ2n) is 18.6. The molecule has 382 valence electrons. The van der Waals surface area contributed by atoms with Gasteiger partial charge in [0, 0.05) is 12.8 Å². The van der Waals surface area contributed by atoms with Crippen LogP contribution in [0.4, 0.5) is 0 Å². The lowest BCUT2D eigenvalue weighted by Gasteiger charge is -2.28. The van der Waals surface area contributed by atoms with Crippen molar-refractivity contribution in [1.82, 2.24) is 0 Å². The van der Waals surface area contributed by atoms with Crippen LogP contribution >= 0.6 is 7.82 Å². The molecule has 0 aliphatic carbocycles. The highest BCUT2D eigenvalue weighted by Crippen LogP contribution is 2.38. The van der Waals surface area contributed by atoms with E-state index < -0.39 is 44.7 Å². The van der Waals surface area contributed by atoms with Gasteiger partial charge >= 0.3 is 11.9 Å². The molecular formula is C54H96NO10P. The highest BCUT2D eigenvalue weighted by Gasteiger charge is 2.21. The molecule has 0 saturated carbocycles. The molecule has 0 radical (unpaired) electrons. The van der Waals surface area contributed by atoms with Crippen LogP contribution in [0.1, 0.15) is 194 Å². The second kappa shape index (κ2) is 44.9. The molecule has 0 bridgehead atoms. The van der Waals surface area contributed by atoms with Gasteiger partial charge in [-0.05, 0) is 38.5 Å². The average Bonchev–Trinajstić information content (AvgIpc) is 3.26. The average molecular weight is 950 g/mol. The zero-order valence-corrected chi connectivity index (χ0v) is 43.2. The van der Waals surface area contributed by atoms with Gasteiger partial charge in [0.2, 0.25) is 0 Å². The van der Waals surface area contributed by atoms with Crippen LogP contribution in [0.3, 0.4) is 0 Å². The Kier molecular flexibility index (Phi) is 43.1.